The number of aromatic nitrogens is 4. The molecule has 0 bridgehead atoms. The second-order valence-corrected chi connectivity index (χ2v) is 5.27. The lowest BCUT2D eigenvalue weighted by Gasteiger charge is -2.06. The van der Waals surface area contributed by atoms with Crippen LogP contribution in [0.3, 0.4) is 0 Å². The molecular formula is C12H13N5OS. The van der Waals surface area contributed by atoms with Gasteiger partial charge in [-0.2, -0.15) is 5.10 Å². The third-order valence-electron chi connectivity index (χ3n) is 2.93. The first-order valence-electron chi connectivity index (χ1n) is 5.81. The highest BCUT2D eigenvalue weighted by Crippen LogP contribution is 2.15. The van der Waals surface area contributed by atoms with Crippen LogP contribution in [0.1, 0.15) is 17.3 Å². The number of thiazole rings is 1. The minimum atomic E-state index is -0.645. The predicted octanol–water partition coefficient (Wildman–Crippen LogP) is 0.941. The largest absolute Gasteiger partial charge is 0.318 e. The van der Waals surface area contributed by atoms with Gasteiger partial charge in [-0.05, 0) is 0 Å². The molecule has 0 aliphatic heterocycles. The molecule has 0 aliphatic carbocycles. The van der Waals surface area contributed by atoms with Crippen molar-refractivity contribution in [2.75, 3.05) is 0 Å². The summed E-state index contributed by atoms with van der Waals surface area (Å²) in [6.07, 6.45) is 7.40. The van der Waals surface area contributed by atoms with Gasteiger partial charge in [-0.15, -0.1) is 11.3 Å². The van der Waals surface area contributed by atoms with Gasteiger partial charge < -0.3 is 5.73 Å². The smallest absolute Gasteiger partial charge is 0.193 e. The quantitative estimate of drug-likeness (QED) is 0.768. The molecule has 3 aromatic rings. The Labute approximate surface area is 113 Å². The van der Waals surface area contributed by atoms with Crippen LogP contribution in [0.25, 0.3) is 4.96 Å². The van der Waals surface area contributed by atoms with Crippen molar-refractivity contribution in [3.63, 3.8) is 0 Å². The van der Waals surface area contributed by atoms with Crippen molar-refractivity contribution in [1.82, 2.24) is 19.2 Å². The molecule has 2 N–H and O–H groups in total. The number of fused-ring (bicyclic) bond motifs is 1. The van der Waals surface area contributed by atoms with Crippen molar-refractivity contribution < 1.29 is 4.79 Å². The van der Waals surface area contributed by atoms with E-state index >= 15 is 0 Å². The maximum Gasteiger partial charge on any atom is 0.193 e. The van der Waals surface area contributed by atoms with Gasteiger partial charge in [0.15, 0.2) is 10.7 Å². The summed E-state index contributed by atoms with van der Waals surface area (Å²) in [5.41, 5.74) is 7.41. The molecule has 3 aromatic heterocycles. The summed E-state index contributed by atoms with van der Waals surface area (Å²) >= 11 is 1.54. The van der Waals surface area contributed by atoms with E-state index in [2.05, 4.69) is 10.1 Å². The molecule has 1 unspecified atom stereocenters. The van der Waals surface area contributed by atoms with E-state index in [1.54, 1.807) is 24.1 Å². The lowest BCUT2D eigenvalue weighted by Crippen LogP contribution is -2.22. The molecule has 0 radical (unpaired) electrons. The van der Waals surface area contributed by atoms with E-state index in [4.69, 9.17) is 5.73 Å². The second-order valence-electron chi connectivity index (χ2n) is 4.39. The second kappa shape index (κ2) is 4.60. The summed E-state index contributed by atoms with van der Waals surface area (Å²) in [4.78, 5) is 17.4. The summed E-state index contributed by atoms with van der Waals surface area (Å²) < 4.78 is 3.54. The maximum absolute atomic E-state index is 12.1. The first-order valence-corrected chi connectivity index (χ1v) is 6.69. The SMILES string of the molecule is Cn1cc(C(N)C(=O)Cc2cn3ccsc3n2)cn1. The number of rotatable bonds is 4. The van der Waals surface area contributed by atoms with Crippen LogP contribution in [0.2, 0.25) is 0 Å². The zero-order valence-corrected chi connectivity index (χ0v) is 11.2. The topological polar surface area (TPSA) is 78.2 Å². The number of nitrogens with zero attached hydrogens (tertiary/aromatic N) is 4. The van der Waals surface area contributed by atoms with Crippen LogP contribution in [0, 0.1) is 0 Å². The van der Waals surface area contributed by atoms with Gasteiger partial charge in [0.2, 0.25) is 0 Å². The lowest BCUT2D eigenvalue weighted by molar-refractivity contribution is -0.119. The Morgan fingerprint density at radius 2 is 2.37 bits per heavy atom. The normalized spacial score (nSPS) is 12.9. The van der Waals surface area contributed by atoms with Gasteiger partial charge >= 0.3 is 0 Å². The van der Waals surface area contributed by atoms with Crippen LogP contribution in [0.5, 0.6) is 0 Å². The Hall–Kier alpha value is -1.99. The minimum Gasteiger partial charge on any atom is -0.318 e. The monoisotopic (exact) mass is 275 g/mol. The first kappa shape index (κ1) is 12.1. The molecule has 0 fully saturated rings. The zero-order valence-electron chi connectivity index (χ0n) is 10.4. The summed E-state index contributed by atoms with van der Waals surface area (Å²) in [7, 11) is 1.80. The molecule has 0 aromatic carbocycles. The van der Waals surface area contributed by atoms with Crippen LogP contribution in [0.4, 0.5) is 0 Å². The number of Topliss-reactive ketones (excluding diaryl/α,β-unsaturated/α-hetero) is 1. The molecule has 98 valence electrons. The standard InChI is InChI=1S/C12H13N5OS/c1-16-6-8(5-14-16)11(13)10(18)4-9-7-17-2-3-19-12(17)15-9/h2-3,5-7,11H,4,13H2,1H3. The van der Waals surface area contributed by atoms with Crippen LogP contribution in [-0.4, -0.2) is 24.9 Å². The Bertz CT molecular complexity index is 697. The van der Waals surface area contributed by atoms with Crippen LogP contribution < -0.4 is 5.73 Å². The van der Waals surface area contributed by atoms with Crippen molar-refractivity contribution in [3.05, 3.63) is 41.4 Å². The fourth-order valence-corrected chi connectivity index (χ4v) is 2.66. The number of hydrogen-bond acceptors (Lipinski definition) is 5. The number of ketones is 1. The lowest BCUT2D eigenvalue weighted by atomic mass is 10.0. The highest BCUT2D eigenvalue weighted by atomic mass is 32.1. The molecule has 0 spiro atoms. The average molecular weight is 275 g/mol. The number of aryl methyl sites for hydroxylation is 1. The van der Waals surface area contributed by atoms with Crippen LogP contribution in [-0.2, 0) is 18.3 Å². The van der Waals surface area contributed by atoms with Crippen molar-refractivity contribution in [3.8, 4) is 0 Å². The van der Waals surface area contributed by atoms with Gasteiger partial charge in [0, 0.05) is 36.6 Å². The fourth-order valence-electron chi connectivity index (χ4n) is 1.94. The van der Waals surface area contributed by atoms with E-state index in [1.165, 1.54) is 11.3 Å². The molecule has 0 aliphatic rings. The van der Waals surface area contributed by atoms with Gasteiger partial charge in [0.05, 0.1) is 24.4 Å². The zero-order chi connectivity index (χ0) is 13.4. The van der Waals surface area contributed by atoms with E-state index in [-0.39, 0.29) is 12.2 Å². The Kier molecular flexibility index (Phi) is 2.92. The van der Waals surface area contributed by atoms with Crippen LogP contribution in [0.15, 0.2) is 30.2 Å². The molecule has 0 saturated heterocycles. The summed E-state index contributed by atoms with van der Waals surface area (Å²) in [5.74, 6) is -0.0567. The molecular weight excluding hydrogens is 262 g/mol. The molecule has 3 heterocycles. The van der Waals surface area contributed by atoms with Crippen molar-refractivity contribution in [2.24, 2.45) is 12.8 Å². The van der Waals surface area contributed by atoms with E-state index in [0.717, 1.165) is 16.2 Å². The highest BCUT2D eigenvalue weighted by Gasteiger charge is 2.19. The third-order valence-corrected chi connectivity index (χ3v) is 3.70. The molecule has 19 heavy (non-hydrogen) atoms. The molecule has 7 heteroatoms. The Balaban J connectivity index is 1.75. The number of imidazole rings is 1. The van der Waals surface area contributed by atoms with Gasteiger partial charge in [0.1, 0.15) is 0 Å². The van der Waals surface area contributed by atoms with Crippen molar-refractivity contribution in [2.45, 2.75) is 12.5 Å². The van der Waals surface area contributed by atoms with E-state index in [0.29, 0.717) is 0 Å². The molecule has 1 atom stereocenters. The minimum absolute atomic E-state index is 0.0567. The molecule has 0 saturated carbocycles. The first-order chi connectivity index (χ1) is 9.13. The summed E-state index contributed by atoms with van der Waals surface area (Å²) in [5, 5.41) is 5.97. The number of hydrogen-bond donors (Lipinski definition) is 1. The van der Waals surface area contributed by atoms with E-state index < -0.39 is 6.04 Å². The number of carbonyl (C=O) groups is 1. The van der Waals surface area contributed by atoms with Gasteiger partial charge in [-0.3, -0.25) is 13.9 Å². The summed E-state index contributed by atoms with van der Waals surface area (Å²) in [6, 6.07) is -0.645. The van der Waals surface area contributed by atoms with Gasteiger partial charge in [-0.1, -0.05) is 0 Å². The van der Waals surface area contributed by atoms with Gasteiger partial charge in [0.25, 0.3) is 0 Å². The summed E-state index contributed by atoms with van der Waals surface area (Å²) in [6.45, 7) is 0. The third kappa shape index (κ3) is 2.29. The van der Waals surface area contributed by atoms with E-state index in [9.17, 15) is 4.79 Å². The average Bonchev–Trinajstić information content (AvgIpc) is 3.03. The molecule has 3 rings (SSSR count). The molecule has 0 amide bonds. The van der Waals surface area contributed by atoms with Gasteiger partial charge in [-0.25, -0.2) is 4.98 Å². The maximum atomic E-state index is 12.1. The molecule has 6 nitrogen and oxygen atoms in total. The number of nitrogens with two attached hydrogens (primary N) is 1. The number of carbonyl (C=O) groups excluding carboxylic acids is 1. The van der Waals surface area contributed by atoms with Crippen LogP contribution >= 0.6 is 11.3 Å². The fraction of sp³-hybridized carbons (Fsp3) is 0.250. The predicted molar refractivity (Wildman–Crippen MR) is 71.9 cm³/mol. The Morgan fingerprint density at radius 3 is 3.05 bits per heavy atom. The Morgan fingerprint density at radius 1 is 1.53 bits per heavy atom. The van der Waals surface area contributed by atoms with Crippen molar-refractivity contribution in [1.29, 1.82) is 0 Å². The highest BCUT2D eigenvalue weighted by molar-refractivity contribution is 7.15. The van der Waals surface area contributed by atoms with E-state index in [1.807, 2.05) is 22.2 Å². The van der Waals surface area contributed by atoms with Crippen molar-refractivity contribution >= 4 is 22.1 Å².